The average Bonchev–Trinajstić information content (AvgIpc) is 2.29. The number of hydrogen-bond acceptors (Lipinski definition) is 2. The van der Waals surface area contributed by atoms with Gasteiger partial charge in [0.1, 0.15) is 6.17 Å². The van der Waals surface area contributed by atoms with Gasteiger partial charge in [0.2, 0.25) is 9.70 Å². The van der Waals surface area contributed by atoms with E-state index in [4.69, 9.17) is 58.6 Å². The van der Waals surface area contributed by atoms with Crippen molar-refractivity contribution < 1.29 is 4.79 Å². The summed E-state index contributed by atoms with van der Waals surface area (Å²) in [4.78, 5) is 11.1. The Labute approximate surface area is 142 Å². The second-order valence-electron chi connectivity index (χ2n) is 3.75. The minimum absolute atomic E-state index is 0.156. The van der Waals surface area contributed by atoms with Crippen molar-refractivity contribution in [3.05, 3.63) is 29.3 Å². The number of thiocarbonyl (C=S) groups is 1. The second kappa shape index (κ2) is 7.52. The molecular weight excluding hydrogens is 364 g/mol. The lowest BCUT2D eigenvalue weighted by Gasteiger charge is -2.27. The van der Waals surface area contributed by atoms with E-state index in [0.717, 1.165) is 0 Å². The van der Waals surface area contributed by atoms with Crippen LogP contribution in [0.3, 0.4) is 0 Å². The minimum atomic E-state index is -1.77. The molecule has 0 saturated heterocycles. The summed E-state index contributed by atoms with van der Waals surface area (Å²) >= 11 is 28.4. The van der Waals surface area contributed by atoms with Crippen LogP contribution in [0, 0.1) is 0 Å². The Kier molecular flexibility index (Phi) is 6.61. The number of alkyl halides is 3. The van der Waals surface area contributed by atoms with Crippen LogP contribution in [0.5, 0.6) is 0 Å². The lowest BCUT2D eigenvalue weighted by Crippen LogP contribution is -2.55. The third-order valence-corrected chi connectivity index (χ3v) is 3.28. The molecule has 0 heterocycles. The maximum atomic E-state index is 11.1. The minimum Gasteiger partial charge on any atom is -0.339 e. The predicted octanol–water partition coefficient (Wildman–Crippen LogP) is 3.46. The summed E-state index contributed by atoms with van der Waals surface area (Å²) in [5.41, 5.74) is 0.595. The van der Waals surface area contributed by atoms with Gasteiger partial charge in [-0.2, -0.15) is 0 Å². The fraction of sp³-hybridized carbons (Fsp3) is 0.273. The summed E-state index contributed by atoms with van der Waals surface area (Å²) in [6.45, 7) is 1.30. The van der Waals surface area contributed by atoms with Gasteiger partial charge in [-0.25, -0.2) is 0 Å². The van der Waals surface area contributed by atoms with Crippen molar-refractivity contribution in [2.24, 2.45) is 0 Å². The molecule has 20 heavy (non-hydrogen) atoms. The van der Waals surface area contributed by atoms with Gasteiger partial charge in [0.05, 0.1) is 10.7 Å². The zero-order chi connectivity index (χ0) is 15.3. The zero-order valence-electron chi connectivity index (χ0n) is 10.2. The van der Waals surface area contributed by atoms with Crippen LogP contribution in [0.2, 0.25) is 5.02 Å². The van der Waals surface area contributed by atoms with Crippen molar-refractivity contribution in [2.75, 3.05) is 5.32 Å². The molecule has 1 unspecified atom stereocenters. The number of carbonyl (C=O) groups excluding carboxylic acids is 1. The number of hydrogen-bond donors (Lipinski definition) is 3. The van der Waals surface area contributed by atoms with Gasteiger partial charge >= 0.3 is 0 Å². The van der Waals surface area contributed by atoms with Gasteiger partial charge in [0, 0.05) is 6.92 Å². The van der Waals surface area contributed by atoms with E-state index in [1.807, 2.05) is 0 Å². The molecule has 1 atom stereocenters. The number of carbonyl (C=O) groups is 1. The number of halogens is 4. The quantitative estimate of drug-likeness (QED) is 0.430. The molecule has 0 bridgehead atoms. The number of nitrogens with one attached hydrogen (secondary N) is 3. The molecule has 1 amide bonds. The van der Waals surface area contributed by atoms with Crippen LogP contribution in [0.25, 0.3) is 0 Å². The van der Waals surface area contributed by atoms with Crippen LogP contribution in [-0.2, 0) is 4.79 Å². The van der Waals surface area contributed by atoms with Crippen molar-refractivity contribution in [1.29, 1.82) is 0 Å². The number of amides is 1. The van der Waals surface area contributed by atoms with Crippen LogP contribution in [-0.4, -0.2) is 21.0 Å². The van der Waals surface area contributed by atoms with E-state index in [2.05, 4.69) is 16.0 Å². The first-order valence-corrected chi connectivity index (χ1v) is 7.28. The third kappa shape index (κ3) is 5.89. The second-order valence-corrected chi connectivity index (χ2v) is 6.94. The molecule has 1 rings (SSSR count). The Morgan fingerprint density at radius 1 is 1.25 bits per heavy atom. The topological polar surface area (TPSA) is 53.2 Å². The van der Waals surface area contributed by atoms with E-state index in [1.54, 1.807) is 24.3 Å². The first-order valence-electron chi connectivity index (χ1n) is 5.36. The first kappa shape index (κ1) is 17.6. The normalized spacial score (nSPS) is 12.4. The summed E-state index contributed by atoms with van der Waals surface area (Å²) in [7, 11) is 0. The summed E-state index contributed by atoms with van der Waals surface area (Å²) in [5.74, 6) is -0.366. The van der Waals surface area contributed by atoms with Crippen molar-refractivity contribution in [3.63, 3.8) is 0 Å². The highest BCUT2D eigenvalue weighted by Crippen LogP contribution is 2.29. The third-order valence-electron chi connectivity index (χ3n) is 2.07. The standard InChI is InChI=1S/C11H11Cl4N3OS/c1-6(19)16-9(11(13,14)15)18-10(20)17-8-5-3-2-4-7(8)12/h2-5,9H,1H3,(H,16,19)(H2,17,18,20). The molecule has 9 heteroatoms. The van der Waals surface area contributed by atoms with Gasteiger partial charge in [-0.1, -0.05) is 58.5 Å². The molecular formula is C11H11Cl4N3OS. The highest BCUT2D eigenvalue weighted by atomic mass is 35.6. The molecule has 0 spiro atoms. The largest absolute Gasteiger partial charge is 0.339 e. The molecule has 1 aromatic carbocycles. The monoisotopic (exact) mass is 373 g/mol. The summed E-state index contributed by atoms with van der Waals surface area (Å²) < 4.78 is -1.77. The summed E-state index contributed by atoms with van der Waals surface area (Å²) in [6, 6.07) is 7.01. The van der Waals surface area contributed by atoms with Gasteiger partial charge in [-0.3, -0.25) is 4.79 Å². The van der Waals surface area contributed by atoms with Crippen LogP contribution < -0.4 is 16.0 Å². The van der Waals surface area contributed by atoms with Crippen molar-refractivity contribution in [1.82, 2.24) is 10.6 Å². The van der Waals surface area contributed by atoms with E-state index < -0.39 is 9.96 Å². The summed E-state index contributed by atoms with van der Waals surface area (Å²) in [5, 5.41) is 8.63. The SMILES string of the molecule is CC(=O)NC(NC(=S)Nc1ccccc1Cl)C(Cl)(Cl)Cl. The first-order chi connectivity index (χ1) is 9.20. The van der Waals surface area contributed by atoms with Gasteiger partial charge < -0.3 is 16.0 Å². The molecule has 110 valence electrons. The summed E-state index contributed by atoms with van der Waals surface area (Å²) in [6.07, 6.45) is -0.979. The lowest BCUT2D eigenvalue weighted by molar-refractivity contribution is -0.119. The van der Waals surface area contributed by atoms with E-state index in [1.165, 1.54) is 6.92 Å². The Morgan fingerprint density at radius 3 is 2.35 bits per heavy atom. The molecule has 0 aliphatic carbocycles. The highest BCUT2D eigenvalue weighted by Gasteiger charge is 2.34. The maximum absolute atomic E-state index is 11.1. The Balaban J connectivity index is 2.72. The Hall–Kier alpha value is -0.460. The van der Waals surface area contributed by atoms with Crippen LogP contribution in [0.1, 0.15) is 6.92 Å². The fourth-order valence-corrected chi connectivity index (χ4v) is 1.99. The van der Waals surface area contributed by atoms with E-state index in [-0.39, 0.29) is 11.0 Å². The lowest BCUT2D eigenvalue weighted by atomic mass is 10.3. The van der Waals surface area contributed by atoms with Crippen LogP contribution in [0.15, 0.2) is 24.3 Å². The van der Waals surface area contributed by atoms with Gasteiger partial charge in [-0.05, 0) is 24.4 Å². The molecule has 3 N–H and O–H groups in total. The number of benzene rings is 1. The molecule has 0 saturated carbocycles. The van der Waals surface area contributed by atoms with E-state index in [9.17, 15) is 4.79 Å². The average molecular weight is 375 g/mol. The molecule has 0 aliphatic heterocycles. The van der Waals surface area contributed by atoms with E-state index >= 15 is 0 Å². The van der Waals surface area contributed by atoms with Crippen LogP contribution >= 0.6 is 58.6 Å². The van der Waals surface area contributed by atoms with Crippen molar-refractivity contribution in [3.8, 4) is 0 Å². The highest BCUT2D eigenvalue weighted by molar-refractivity contribution is 7.80. The number of anilines is 1. The van der Waals surface area contributed by atoms with Gasteiger partial charge in [0.15, 0.2) is 5.11 Å². The smallest absolute Gasteiger partial charge is 0.228 e. The molecule has 0 radical (unpaired) electrons. The predicted molar refractivity (Wildman–Crippen MR) is 88.7 cm³/mol. The van der Waals surface area contributed by atoms with Crippen molar-refractivity contribution in [2.45, 2.75) is 16.9 Å². The van der Waals surface area contributed by atoms with E-state index in [0.29, 0.717) is 10.7 Å². The molecule has 0 fully saturated rings. The molecule has 0 aromatic heterocycles. The van der Waals surface area contributed by atoms with Crippen LogP contribution in [0.4, 0.5) is 5.69 Å². The molecule has 1 aromatic rings. The van der Waals surface area contributed by atoms with Gasteiger partial charge in [0.25, 0.3) is 0 Å². The molecule has 4 nitrogen and oxygen atoms in total. The maximum Gasteiger partial charge on any atom is 0.228 e. The van der Waals surface area contributed by atoms with Crippen molar-refractivity contribution >= 4 is 75.3 Å². The molecule has 0 aliphatic rings. The van der Waals surface area contributed by atoms with Gasteiger partial charge in [-0.15, -0.1) is 0 Å². The fourth-order valence-electron chi connectivity index (χ4n) is 1.26. The number of rotatable bonds is 3. The Bertz CT molecular complexity index is 507. The number of para-hydroxylation sites is 1. The zero-order valence-corrected chi connectivity index (χ0v) is 14.1. The Morgan fingerprint density at radius 2 is 1.85 bits per heavy atom.